The molecule has 1 atom stereocenters. The van der Waals surface area contributed by atoms with E-state index >= 15 is 0 Å². The molecule has 0 fully saturated rings. The number of carbonyl (C=O) groups is 1. The molecule has 19 heavy (non-hydrogen) atoms. The van der Waals surface area contributed by atoms with Gasteiger partial charge in [0.05, 0.1) is 0 Å². The number of nitro groups is 1. The SMILES string of the molecule is CNC(C)CNC(=O)Cn1cc([N+](=O)[O-])nc1C.Cl. The third kappa shape index (κ3) is 5.23. The maximum Gasteiger partial charge on any atom is 0.381 e. The van der Waals surface area contributed by atoms with Crippen molar-refractivity contribution in [1.29, 1.82) is 0 Å². The fourth-order valence-electron chi connectivity index (χ4n) is 1.32. The molecule has 1 amide bonds. The molecular weight excluding hydrogens is 274 g/mol. The van der Waals surface area contributed by atoms with Gasteiger partial charge in [-0.05, 0) is 23.9 Å². The lowest BCUT2D eigenvalue weighted by atomic mass is 10.3. The first-order chi connectivity index (χ1) is 8.43. The van der Waals surface area contributed by atoms with Crippen molar-refractivity contribution >= 4 is 24.1 Å². The van der Waals surface area contributed by atoms with E-state index in [-0.39, 0.29) is 36.7 Å². The number of imidazole rings is 1. The number of nitrogens with zero attached hydrogens (tertiary/aromatic N) is 3. The van der Waals surface area contributed by atoms with E-state index in [0.717, 1.165) is 0 Å². The van der Waals surface area contributed by atoms with Crippen LogP contribution >= 0.6 is 12.4 Å². The minimum absolute atomic E-state index is 0. The summed E-state index contributed by atoms with van der Waals surface area (Å²) in [6.45, 7) is 4.10. The van der Waals surface area contributed by atoms with Crippen LogP contribution in [0.4, 0.5) is 5.82 Å². The van der Waals surface area contributed by atoms with Crippen molar-refractivity contribution in [2.75, 3.05) is 13.6 Å². The predicted octanol–water partition coefficient (Wildman–Crippen LogP) is 0.246. The smallest absolute Gasteiger partial charge is 0.358 e. The molecule has 108 valence electrons. The molecule has 0 radical (unpaired) electrons. The molecule has 9 heteroatoms. The predicted molar refractivity (Wildman–Crippen MR) is 72.4 cm³/mol. The topological polar surface area (TPSA) is 102 Å². The van der Waals surface area contributed by atoms with Crippen LogP contribution in [0.25, 0.3) is 0 Å². The quantitative estimate of drug-likeness (QED) is 0.577. The van der Waals surface area contributed by atoms with Crippen molar-refractivity contribution in [3.05, 3.63) is 22.1 Å². The van der Waals surface area contributed by atoms with E-state index < -0.39 is 4.92 Å². The van der Waals surface area contributed by atoms with Gasteiger partial charge in [-0.3, -0.25) is 9.36 Å². The third-order valence-corrected chi connectivity index (χ3v) is 2.56. The van der Waals surface area contributed by atoms with Crippen LogP contribution in [0.3, 0.4) is 0 Å². The Morgan fingerprint density at radius 2 is 2.26 bits per heavy atom. The van der Waals surface area contributed by atoms with Crippen LogP contribution in [0.2, 0.25) is 0 Å². The molecule has 1 unspecified atom stereocenters. The molecule has 0 saturated heterocycles. The van der Waals surface area contributed by atoms with Crippen molar-refractivity contribution in [2.45, 2.75) is 26.4 Å². The zero-order valence-electron chi connectivity index (χ0n) is 11.0. The van der Waals surface area contributed by atoms with Gasteiger partial charge in [-0.1, -0.05) is 0 Å². The highest BCUT2D eigenvalue weighted by Crippen LogP contribution is 2.09. The second-order valence-electron chi connectivity index (χ2n) is 4.03. The van der Waals surface area contributed by atoms with Crippen LogP contribution < -0.4 is 10.6 Å². The van der Waals surface area contributed by atoms with Crippen molar-refractivity contribution in [1.82, 2.24) is 20.2 Å². The number of carbonyl (C=O) groups excluding carboxylic acids is 1. The Kier molecular flexibility index (Phi) is 7.02. The number of amides is 1. The van der Waals surface area contributed by atoms with Crippen LogP contribution in [0.5, 0.6) is 0 Å². The average molecular weight is 292 g/mol. The van der Waals surface area contributed by atoms with E-state index in [1.165, 1.54) is 10.8 Å². The number of halogens is 1. The van der Waals surface area contributed by atoms with Gasteiger partial charge in [-0.2, -0.15) is 0 Å². The fraction of sp³-hybridized carbons (Fsp3) is 0.600. The van der Waals surface area contributed by atoms with Crippen molar-refractivity contribution < 1.29 is 9.72 Å². The molecule has 0 aromatic carbocycles. The molecule has 0 aliphatic rings. The van der Waals surface area contributed by atoms with Gasteiger partial charge in [0.15, 0.2) is 0 Å². The molecule has 1 aromatic heterocycles. The normalized spacial score (nSPS) is 11.5. The maximum atomic E-state index is 11.6. The molecule has 1 heterocycles. The van der Waals surface area contributed by atoms with Gasteiger partial charge in [-0.15, -0.1) is 12.4 Å². The van der Waals surface area contributed by atoms with E-state index in [2.05, 4.69) is 15.6 Å². The van der Waals surface area contributed by atoms with Gasteiger partial charge < -0.3 is 20.7 Å². The zero-order valence-corrected chi connectivity index (χ0v) is 11.9. The lowest BCUT2D eigenvalue weighted by Gasteiger charge is -2.11. The third-order valence-electron chi connectivity index (χ3n) is 2.56. The summed E-state index contributed by atoms with van der Waals surface area (Å²) in [5.41, 5.74) is 0. The minimum atomic E-state index is -0.579. The van der Waals surface area contributed by atoms with E-state index in [1.807, 2.05) is 6.92 Å². The average Bonchev–Trinajstić information content (AvgIpc) is 2.68. The van der Waals surface area contributed by atoms with Crippen LogP contribution in [0.1, 0.15) is 12.7 Å². The molecule has 8 nitrogen and oxygen atoms in total. The molecule has 1 rings (SSSR count). The van der Waals surface area contributed by atoms with Gasteiger partial charge in [0.1, 0.15) is 12.7 Å². The highest BCUT2D eigenvalue weighted by Gasteiger charge is 2.16. The number of likely N-dealkylation sites (N-methyl/N-ethyl adjacent to an activating group) is 1. The number of aromatic nitrogens is 2. The number of rotatable bonds is 6. The number of nitrogens with one attached hydrogen (secondary N) is 2. The van der Waals surface area contributed by atoms with Gasteiger partial charge in [-0.25, -0.2) is 0 Å². The first-order valence-electron chi connectivity index (χ1n) is 5.56. The summed E-state index contributed by atoms with van der Waals surface area (Å²) in [5, 5.41) is 16.2. The molecule has 0 aliphatic heterocycles. The Balaban J connectivity index is 0.00000324. The lowest BCUT2D eigenvalue weighted by Crippen LogP contribution is -2.38. The second kappa shape index (κ2) is 7.70. The summed E-state index contributed by atoms with van der Waals surface area (Å²) in [7, 11) is 1.81. The monoisotopic (exact) mass is 291 g/mol. The van der Waals surface area contributed by atoms with Crippen LogP contribution in [-0.2, 0) is 11.3 Å². The van der Waals surface area contributed by atoms with Crippen LogP contribution in [0.15, 0.2) is 6.20 Å². The Hall–Kier alpha value is -1.67. The van der Waals surface area contributed by atoms with Gasteiger partial charge in [0, 0.05) is 19.5 Å². The van der Waals surface area contributed by atoms with Crippen molar-refractivity contribution in [3.8, 4) is 0 Å². The molecule has 0 saturated carbocycles. The maximum absolute atomic E-state index is 11.6. The summed E-state index contributed by atoms with van der Waals surface area (Å²) < 4.78 is 1.46. The van der Waals surface area contributed by atoms with Gasteiger partial charge in [0.25, 0.3) is 0 Å². The van der Waals surface area contributed by atoms with Crippen LogP contribution in [0, 0.1) is 17.0 Å². The Morgan fingerprint density at radius 1 is 1.63 bits per heavy atom. The molecule has 2 N–H and O–H groups in total. The molecule has 0 spiro atoms. The molecule has 0 bridgehead atoms. The fourth-order valence-corrected chi connectivity index (χ4v) is 1.32. The Labute approximate surface area is 117 Å². The van der Waals surface area contributed by atoms with E-state index in [0.29, 0.717) is 12.4 Å². The van der Waals surface area contributed by atoms with E-state index in [1.54, 1.807) is 14.0 Å². The largest absolute Gasteiger partial charge is 0.381 e. The summed E-state index contributed by atoms with van der Waals surface area (Å²) in [5.74, 6) is -0.00472. The van der Waals surface area contributed by atoms with Gasteiger partial charge >= 0.3 is 5.82 Å². The first kappa shape index (κ1) is 17.3. The number of hydrogen-bond acceptors (Lipinski definition) is 5. The van der Waals surface area contributed by atoms with E-state index in [9.17, 15) is 14.9 Å². The van der Waals surface area contributed by atoms with Crippen LogP contribution in [-0.4, -0.2) is 40.0 Å². The molecular formula is C10H18ClN5O3. The van der Waals surface area contributed by atoms with Crippen molar-refractivity contribution in [3.63, 3.8) is 0 Å². The van der Waals surface area contributed by atoms with Gasteiger partial charge in [0.2, 0.25) is 11.7 Å². The summed E-state index contributed by atoms with van der Waals surface area (Å²) in [4.78, 5) is 25.3. The van der Waals surface area contributed by atoms with Crippen molar-refractivity contribution in [2.24, 2.45) is 0 Å². The lowest BCUT2D eigenvalue weighted by molar-refractivity contribution is -0.389. The van der Waals surface area contributed by atoms with E-state index in [4.69, 9.17) is 0 Å². The highest BCUT2D eigenvalue weighted by atomic mass is 35.5. The second-order valence-corrected chi connectivity index (χ2v) is 4.03. The first-order valence-corrected chi connectivity index (χ1v) is 5.56. The number of hydrogen-bond donors (Lipinski definition) is 2. The minimum Gasteiger partial charge on any atom is -0.358 e. The highest BCUT2D eigenvalue weighted by molar-refractivity contribution is 5.85. The molecule has 0 aliphatic carbocycles. The summed E-state index contributed by atoms with van der Waals surface area (Å²) in [6, 6.07) is 0.173. The Bertz CT molecular complexity index is 448. The number of aryl methyl sites for hydroxylation is 1. The Morgan fingerprint density at radius 3 is 2.74 bits per heavy atom. The summed E-state index contributed by atoms with van der Waals surface area (Å²) in [6.07, 6.45) is 1.26. The molecule has 1 aromatic rings. The zero-order chi connectivity index (χ0) is 13.7. The summed E-state index contributed by atoms with van der Waals surface area (Å²) >= 11 is 0. The standard InChI is InChI=1S/C10H17N5O3.ClH/c1-7(11-3)4-12-10(16)6-14-5-9(15(17)18)13-8(14)2;/h5,7,11H,4,6H2,1-3H3,(H,12,16);1H.